The maximum Gasteiger partial charge on any atom is 0.657 e. The summed E-state index contributed by atoms with van der Waals surface area (Å²) in [6, 6.07) is 1.69. The standard InChI is InChI=1S/C10H30N2O4Si3/c1-13-19(14-2,15-17(3,4)9-7-11)16-18(5,6)10-8-12/h7-12H2,1-6H3. The molecule has 0 heterocycles. The molecule has 0 bridgehead atoms. The summed E-state index contributed by atoms with van der Waals surface area (Å²) >= 11 is 0. The Bertz CT molecular complexity index is 241. The lowest BCUT2D eigenvalue weighted by molar-refractivity contribution is 0.0760. The number of rotatable bonds is 10. The van der Waals surface area contributed by atoms with E-state index in [2.05, 4.69) is 26.2 Å². The molecule has 9 heteroatoms. The van der Waals surface area contributed by atoms with Crippen molar-refractivity contribution in [1.82, 2.24) is 0 Å². The molecule has 0 amide bonds. The first-order chi connectivity index (χ1) is 8.66. The normalized spacial score (nSPS) is 13.9. The van der Waals surface area contributed by atoms with E-state index in [4.69, 9.17) is 28.5 Å². The van der Waals surface area contributed by atoms with Crippen LogP contribution in [0.5, 0.6) is 0 Å². The van der Waals surface area contributed by atoms with Crippen molar-refractivity contribution in [3.63, 3.8) is 0 Å². The van der Waals surface area contributed by atoms with Gasteiger partial charge in [0.25, 0.3) is 0 Å². The Morgan fingerprint density at radius 3 is 1.26 bits per heavy atom. The van der Waals surface area contributed by atoms with E-state index in [1.54, 1.807) is 14.2 Å². The first-order valence-electron chi connectivity index (χ1n) is 6.56. The minimum atomic E-state index is -3.08. The molecule has 0 aliphatic heterocycles. The van der Waals surface area contributed by atoms with Crippen molar-refractivity contribution in [3.05, 3.63) is 0 Å². The van der Waals surface area contributed by atoms with Gasteiger partial charge in [0.05, 0.1) is 0 Å². The van der Waals surface area contributed by atoms with Crippen molar-refractivity contribution in [2.45, 2.75) is 38.3 Å². The molecule has 0 unspecified atom stereocenters. The molecular weight excluding hydrogens is 296 g/mol. The molecule has 19 heavy (non-hydrogen) atoms. The average molecular weight is 327 g/mol. The van der Waals surface area contributed by atoms with Gasteiger partial charge in [-0.25, -0.2) is 0 Å². The number of nitrogens with two attached hydrogens (primary N) is 2. The Kier molecular flexibility index (Phi) is 8.17. The second-order valence-corrected chi connectivity index (χ2v) is 17.2. The molecule has 0 radical (unpaired) electrons. The quantitative estimate of drug-likeness (QED) is 0.584. The van der Waals surface area contributed by atoms with Gasteiger partial charge >= 0.3 is 9.05 Å². The SMILES string of the molecule is CO[Si](OC)(O[Si](C)(C)CCN)O[Si](C)(C)CCN. The van der Waals surface area contributed by atoms with Gasteiger partial charge in [-0.15, -0.1) is 0 Å². The molecule has 0 saturated heterocycles. The maximum absolute atomic E-state index is 6.17. The summed E-state index contributed by atoms with van der Waals surface area (Å²) in [4.78, 5) is 0. The highest BCUT2D eigenvalue weighted by Crippen LogP contribution is 2.25. The summed E-state index contributed by atoms with van der Waals surface area (Å²) in [5.74, 6) is 0. The third-order valence-electron chi connectivity index (χ3n) is 2.80. The second-order valence-electron chi connectivity index (χ2n) is 5.71. The zero-order chi connectivity index (χ0) is 15.2. The van der Waals surface area contributed by atoms with Crippen molar-refractivity contribution in [1.29, 1.82) is 0 Å². The van der Waals surface area contributed by atoms with Crippen molar-refractivity contribution in [3.8, 4) is 0 Å². The molecule has 6 nitrogen and oxygen atoms in total. The molecule has 0 aliphatic rings. The van der Waals surface area contributed by atoms with Gasteiger partial charge in [-0.05, 0) is 51.4 Å². The first-order valence-corrected chi connectivity index (χ1v) is 14.4. The second kappa shape index (κ2) is 8.00. The van der Waals surface area contributed by atoms with Crippen LogP contribution in [0.25, 0.3) is 0 Å². The summed E-state index contributed by atoms with van der Waals surface area (Å²) in [6.07, 6.45) is 0. The van der Waals surface area contributed by atoms with Crippen molar-refractivity contribution in [2.75, 3.05) is 27.3 Å². The van der Waals surface area contributed by atoms with Gasteiger partial charge in [0.2, 0.25) is 0 Å². The third-order valence-corrected chi connectivity index (χ3v) is 13.2. The molecule has 0 aromatic rings. The van der Waals surface area contributed by atoms with Crippen LogP contribution in [0.4, 0.5) is 0 Å². The van der Waals surface area contributed by atoms with Gasteiger partial charge in [-0.3, -0.25) is 0 Å². The Morgan fingerprint density at radius 2 is 1.05 bits per heavy atom. The Hall–Kier alpha value is 0.411. The first kappa shape index (κ1) is 19.4. The minimum absolute atomic E-state index is 0.598. The molecule has 0 rings (SSSR count). The van der Waals surface area contributed by atoms with Gasteiger partial charge < -0.3 is 28.5 Å². The van der Waals surface area contributed by atoms with Crippen LogP contribution < -0.4 is 11.5 Å². The van der Waals surface area contributed by atoms with Crippen LogP contribution in [0, 0.1) is 0 Å². The number of hydrogen-bond donors (Lipinski definition) is 2. The molecular formula is C10H30N2O4Si3. The van der Waals surface area contributed by atoms with Crippen LogP contribution in [0.3, 0.4) is 0 Å². The van der Waals surface area contributed by atoms with Crippen LogP contribution in [0.1, 0.15) is 0 Å². The molecule has 0 aromatic carbocycles. The topological polar surface area (TPSA) is 89.0 Å². The van der Waals surface area contributed by atoms with Crippen LogP contribution in [0.15, 0.2) is 0 Å². The van der Waals surface area contributed by atoms with Crippen LogP contribution in [0.2, 0.25) is 38.3 Å². The summed E-state index contributed by atoms with van der Waals surface area (Å²) in [7, 11) is -3.82. The van der Waals surface area contributed by atoms with Crippen molar-refractivity contribution in [2.24, 2.45) is 11.5 Å². The summed E-state index contributed by atoms with van der Waals surface area (Å²) in [6.45, 7) is 9.59. The molecule has 0 saturated carbocycles. The predicted octanol–water partition coefficient (Wildman–Crippen LogP) is 1.08. The Balaban J connectivity index is 4.94. The van der Waals surface area contributed by atoms with Gasteiger partial charge in [0.1, 0.15) is 0 Å². The highest BCUT2D eigenvalue weighted by molar-refractivity contribution is 6.84. The van der Waals surface area contributed by atoms with Crippen molar-refractivity contribution >= 4 is 25.7 Å². The van der Waals surface area contributed by atoms with E-state index in [1.165, 1.54) is 0 Å². The molecule has 116 valence electrons. The zero-order valence-electron chi connectivity index (χ0n) is 13.1. The zero-order valence-corrected chi connectivity index (χ0v) is 16.1. The van der Waals surface area contributed by atoms with Crippen LogP contribution in [-0.2, 0) is 17.1 Å². The van der Waals surface area contributed by atoms with E-state index in [-0.39, 0.29) is 0 Å². The highest BCUT2D eigenvalue weighted by atomic mass is 28.5. The summed E-state index contributed by atoms with van der Waals surface area (Å²) < 4.78 is 23.4. The summed E-state index contributed by atoms with van der Waals surface area (Å²) in [5, 5.41) is 0. The van der Waals surface area contributed by atoms with Gasteiger partial charge in [-0.2, -0.15) is 0 Å². The Morgan fingerprint density at radius 1 is 0.737 bits per heavy atom. The predicted molar refractivity (Wildman–Crippen MR) is 84.6 cm³/mol. The van der Waals surface area contributed by atoms with E-state index < -0.39 is 25.7 Å². The minimum Gasteiger partial charge on any atom is -0.395 e. The summed E-state index contributed by atoms with van der Waals surface area (Å²) in [5.41, 5.74) is 11.3. The lowest BCUT2D eigenvalue weighted by atomic mass is 10.8. The molecule has 0 spiro atoms. The molecule has 0 aliphatic carbocycles. The molecule has 4 N–H and O–H groups in total. The van der Waals surface area contributed by atoms with E-state index >= 15 is 0 Å². The third kappa shape index (κ3) is 7.11. The van der Waals surface area contributed by atoms with E-state index in [0.29, 0.717) is 13.1 Å². The molecule has 0 aromatic heterocycles. The lowest BCUT2D eigenvalue weighted by Crippen LogP contribution is -2.59. The fourth-order valence-corrected chi connectivity index (χ4v) is 11.4. The van der Waals surface area contributed by atoms with E-state index in [9.17, 15) is 0 Å². The van der Waals surface area contributed by atoms with E-state index in [0.717, 1.165) is 12.1 Å². The van der Waals surface area contributed by atoms with Crippen LogP contribution >= 0.6 is 0 Å². The monoisotopic (exact) mass is 326 g/mol. The fourth-order valence-electron chi connectivity index (χ4n) is 1.74. The molecule has 0 atom stereocenters. The van der Waals surface area contributed by atoms with Crippen LogP contribution in [-0.4, -0.2) is 53.0 Å². The average Bonchev–Trinajstić information content (AvgIpc) is 2.27. The van der Waals surface area contributed by atoms with E-state index in [1.807, 2.05) is 0 Å². The highest BCUT2D eigenvalue weighted by Gasteiger charge is 2.51. The number of hydrogen-bond acceptors (Lipinski definition) is 6. The Labute approximate surface area is 120 Å². The fraction of sp³-hybridized carbons (Fsp3) is 1.00. The smallest absolute Gasteiger partial charge is 0.395 e. The largest absolute Gasteiger partial charge is 0.657 e. The lowest BCUT2D eigenvalue weighted by Gasteiger charge is -2.38. The van der Waals surface area contributed by atoms with Gasteiger partial charge in [-0.1, -0.05) is 0 Å². The van der Waals surface area contributed by atoms with Crippen molar-refractivity contribution < 1.29 is 17.1 Å². The maximum atomic E-state index is 6.17. The molecule has 0 fully saturated rings. The van der Waals surface area contributed by atoms with Gasteiger partial charge in [0, 0.05) is 14.2 Å². The van der Waals surface area contributed by atoms with Gasteiger partial charge in [0.15, 0.2) is 16.6 Å².